The van der Waals surface area contributed by atoms with Crippen molar-refractivity contribution in [2.75, 3.05) is 0 Å². The van der Waals surface area contributed by atoms with E-state index >= 15 is 0 Å². The van der Waals surface area contributed by atoms with Crippen LogP contribution >= 0.6 is 0 Å². The summed E-state index contributed by atoms with van der Waals surface area (Å²) in [6.45, 7) is 0.427. The van der Waals surface area contributed by atoms with Crippen LogP contribution in [0.3, 0.4) is 0 Å². The van der Waals surface area contributed by atoms with Gasteiger partial charge in [0.25, 0.3) is 0 Å². The first kappa shape index (κ1) is 10.8. The van der Waals surface area contributed by atoms with Crippen LogP contribution in [0, 0.1) is 0 Å². The average Bonchev–Trinajstić information content (AvgIpc) is 2.77. The number of fused-ring (bicyclic) bond motifs is 1. The van der Waals surface area contributed by atoms with E-state index in [9.17, 15) is 5.11 Å². The van der Waals surface area contributed by atoms with Crippen molar-refractivity contribution in [1.82, 2.24) is 9.97 Å². The van der Waals surface area contributed by atoms with Crippen LogP contribution in [0.2, 0.25) is 0 Å². The van der Waals surface area contributed by atoms with Gasteiger partial charge in [0.05, 0.1) is 5.69 Å². The molecule has 0 radical (unpaired) electrons. The summed E-state index contributed by atoms with van der Waals surface area (Å²) in [5.74, 6) is 0.238. The van der Waals surface area contributed by atoms with Crippen molar-refractivity contribution >= 4 is 11.0 Å². The first-order valence-electron chi connectivity index (χ1n) is 5.74. The Balaban J connectivity index is 2.28. The molecule has 90 valence electrons. The SMILES string of the molecule is NCc1c(-c2cccc(O)c2)[nH]c2ncccc12. The van der Waals surface area contributed by atoms with Crippen LogP contribution in [-0.2, 0) is 6.54 Å². The van der Waals surface area contributed by atoms with E-state index in [1.165, 1.54) is 0 Å². The lowest BCUT2D eigenvalue weighted by molar-refractivity contribution is 0.475. The molecular weight excluding hydrogens is 226 g/mol. The normalized spacial score (nSPS) is 10.9. The second kappa shape index (κ2) is 4.16. The van der Waals surface area contributed by atoms with E-state index in [0.29, 0.717) is 6.54 Å². The standard InChI is InChI=1S/C14H13N3O/c15-8-12-11-5-2-6-16-14(11)17-13(12)9-3-1-4-10(18)7-9/h1-7,18H,8,15H2,(H,16,17). The Hall–Kier alpha value is -2.33. The van der Waals surface area contributed by atoms with Crippen LogP contribution < -0.4 is 5.73 Å². The van der Waals surface area contributed by atoms with Gasteiger partial charge in [-0.05, 0) is 24.3 Å². The predicted octanol–water partition coefficient (Wildman–Crippen LogP) is 2.39. The Morgan fingerprint density at radius 1 is 1.22 bits per heavy atom. The number of hydrogen-bond donors (Lipinski definition) is 3. The maximum Gasteiger partial charge on any atom is 0.138 e. The number of nitrogens with zero attached hydrogens (tertiary/aromatic N) is 1. The molecule has 18 heavy (non-hydrogen) atoms. The van der Waals surface area contributed by atoms with Crippen LogP contribution in [0.4, 0.5) is 0 Å². The number of phenols is 1. The maximum absolute atomic E-state index is 9.55. The van der Waals surface area contributed by atoms with Crippen molar-refractivity contribution in [3.8, 4) is 17.0 Å². The molecular formula is C14H13N3O. The molecule has 0 saturated heterocycles. The minimum Gasteiger partial charge on any atom is -0.508 e. The minimum absolute atomic E-state index is 0.238. The van der Waals surface area contributed by atoms with E-state index in [2.05, 4.69) is 9.97 Å². The summed E-state index contributed by atoms with van der Waals surface area (Å²) in [6.07, 6.45) is 1.74. The van der Waals surface area contributed by atoms with Gasteiger partial charge in [-0.25, -0.2) is 4.98 Å². The van der Waals surface area contributed by atoms with Crippen molar-refractivity contribution in [2.24, 2.45) is 5.73 Å². The Morgan fingerprint density at radius 2 is 2.11 bits per heavy atom. The van der Waals surface area contributed by atoms with E-state index in [1.807, 2.05) is 24.3 Å². The second-order valence-corrected chi connectivity index (χ2v) is 4.13. The fourth-order valence-corrected chi connectivity index (χ4v) is 2.20. The summed E-state index contributed by atoms with van der Waals surface area (Å²) < 4.78 is 0. The molecule has 0 unspecified atom stereocenters. The van der Waals surface area contributed by atoms with Crippen molar-refractivity contribution in [3.63, 3.8) is 0 Å². The number of hydrogen-bond acceptors (Lipinski definition) is 3. The van der Waals surface area contributed by atoms with E-state index in [4.69, 9.17) is 5.73 Å². The number of pyridine rings is 1. The molecule has 4 nitrogen and oxygen atoms in total. The molecule has 2 aromatic heterocycles. The molecule has 2 heterocycles. The van der Waals surface area contributed by atoms with Gasteiger partial charge in [0, 0.05) is 29.3 Å². The van der Waals surface area contributed by atoms with E-state index in [1.54, 1.807) is 18.3 Å². The fraction of sp³-hybridized carbons (Fsp3) is 0.0714. The largest absolute Gasteiger partial charge is 0.508 e. The minimum atomic E-state index is 0.238. The van der Waals surface area contributed by atoms with E-state index in [0.717, 1.165) is 27.9 Å². The Labute approximate surface area is 104 Å². The number of rotatable bonds is 2. The van der Waals surface area contributed by atoms with Crippen molar-refractivity contribution in [1.29, 1.82) is 0 Å². The van der Waals surface area contributed by atoms with Gasteiger partial charge in [-0.2, -0.15) is 0 Å². The third-order valence-corrected chi connectivity index (χ3v) is 3.02. The summed E-state index contributed by atoms with van der Waals surface area (Å²) in [7, 11) is 0. The average molecular weight is 239 g/mol. The highest BCUT2D eigenvalue weighted by molar-refractivity contribution is 5.88. The number of H-pyrrole nitrogens is 1. The van der Waals surface area contributed by atoms with Gasteiger partial charge in [-0.1, -0.05) is 12.1 Å². The van der Waals surface area contributed by atoms with Gasteiger partial charge in [-0.3, -0.25) is 0 Å². The van der Waals surface area contributed by atoms with Gasteiger partial charge < -0.3 is 15.8 Å². The van der Waals surface area contributed by atoms with Gasteiger partial charge in [0.2, 0.25) is 0 Å². The Morgan fingerprint density at radius 3 is 2.89 bits per heavy atom. The molecule has 0 bridgehead atoms. The second-order valence-electron chi connectivity index (χ2n) is 4.13. The highest BCUT2D eigenvalue weighted by Gasteiger charge is 2.12. The molecule has 3 rings (SSSR count). The third kappa shape index (κ3) is 1.63. The molecule has 0 amide bonds. The smallest absolute Gasteiger partial charge is 0.138 e. The van der Waals surface area contributed by atoms with Crippen molar-refractivity contribution in [3.05, 3.63) is 48.2 Å². The molecule has 0 spiro atoms. The number of phenolic OH excluding ortho intramolecular Hbond substituents is 1. The lowest BCUT2D eigenvalue weighted by Gasteiger charge is -2.02. The predicted molar refractivity (Wildman–Crippen MR) is 71.1 cm³/mol. The van der Waals surface area contributed by atoms with Gasteiger partial charge >= 0.3 is 0 Å². The van der Waals surface area contributed by atoms with Crippen LogP contribution in [0.15, 0.2) is 42.6 Å². The number of benzene rings is 1. The van der Waals surface area contributed by atoms with Gasteiger partial charge in [0.15, 0.2) is 0 Å². The van der Waals surface area contributed by atoms with Crippen LogP contribution in [-0.4, -0.2) is 15.1 Å². The monoisotopic (exact) mass is 239 g/mol. The van der Waals surface area contributed by atoms with Gasteiger partial charge in [-0.15, -0.1) is 0 Å². The quantitative estimate of drug-likeness (QED) is 0.642. The third-order valence-electron chi connectivity index (χ3n) is 3.02. The van der Waals surface area contributed by atoms with Crippen LogP contribution in [0.25, 0.3) is 22.3 Å². The Kier molecular flexibility index (Phi) is 2.50. The summed E-state index contributed by atoms with van der Waals surface area (Å²) in [5, 5.41) is 10.6. The molecule has 4 N–H and O–H groups in total. The fourth-order valence-electron chi connectivity index (χ4n) is 2.20. The van der Waals surface area contributed by atoms with Crippen LogP contribution in [0.5, 0.6) is 5.75 Å². The first-order chi connectivity index (χ1) is 8.79. The molecule has 0 fully saturated rings. The van der Waals surface area contributed by atoms with Crippen LogP contribution in [0.1, 0.15) is 5.56 Å². The zero-order chi connectivity index (χ0) is 12.5. The highest BCUT2D eigenvalue weighted by Crippen LogP contribution is 2.30. The molecule has 0 aliphatic rings. The Bertz CT molecular complexity index is 703. The molecule has 3 aromatic rings. The maximum atomic E-state index is 9.55. The summed E-state index contributed by atoms with van der Waals surface area (Å²) in [4.78, 5) is 7.54. The highest BCUT2D eigenvalue weighted by atomic mass is 16.3. The molecule has 4 heteroatoms. The molecule has 1 aromatic carbocycles. The number of nitrogens with one attached hydrogen (secondary N) is 1. The summed E-state index contributed by atoms with van der Waals surface area (Å²) in [5.41, 5.74) is 9.49. The van der Waals surface area contributed by atoms with Crippen molar-refractivity contribution < 1.29 is 5.11 Å². The molecule has 0 atom stereocenters. The van der Waals surface area contributed by atoms with E-state index < -0.39 is 0 Å². The topological polar surface area (TPSA) is 74.9 Å². The molecule has 0 aliphatic carbocycles. The zero-order valence-corrected chi connectivity index (χ0v) is 9.72. The van der Waals surface area contributed by atoms with Gasteiger partial charge in [0.1, 0.15) is 11.4 Å². The van der Waals surface area contributed by atoms with E-state index in [-0.39, 0.29) is 5.75 Å². The summed E-state index contributed by atoms with van der Waals surface area (Å²) in [6, 6.07) is 11.0. The lowest BCUT2D eigenvalue weighted by atomic mass is 10.1. The number of aromatic amines is 1. The molecule has 0 saturated carbocycles. The molecule has 0 aliphatic heterocycles. The number of aromatic hydroxyl groups is 1. The lowest BCUT2D eigenvalue weighted by Crippen LogP contribution is -1.97. The first-order valence-corrected chi connectivity index (χ1v) is 5.74. The number of nitrogens with two attached hydrogens (primary N) is 1. The number of aromatic nitrogens is 2. The van der Waals surface area contributed by atoms with Crippen molar-refractivity contribution in [2.45, 2.75) is 6.54 Å². The summed E-state index contributed by atoms with van der Waals surface area (Å²) >= 11 is 0. The zero-order valence-electron chi connectivity index (χ0n) is 9.72.